The number of benzene rings is 1. The maximum absolute atomic E-state index is 5.73. The van der Waals surface area contributed by atoms with E-state index in [9.17, 15) is 0 Å². The molecule has 0 saturated heterocycles. The van der Waals surface area contributed by atoms with Crippen LogP contribution in [0, 0.1) is 0 Å². The topological polar surface area (TPSA) is 48.3 Å². The lowest BCUT2D eigenvalue weighted by molar-refractivity contribution is 0.306. The van der Waals surface area contributed by atoms with Gasteiger partial charge in [-0.25, -0.2) is 4.98 Å². The van der Waals surface area contributed by atoms with Crippen LogP contribution in [0.4, 0.5) is 0 Å². The molecule has 0 aliphatic heterocycles. The number of imidazole rings is 1. The lowest BCUT2D eigenvalue weighted by Crippen LogP contribution is -2.17. The summed E-state index contributed by atoms with van der Waals surface area (Å²) in [5, 5.41) is 3.45. The van der Waals surface area contributed by atoms with Crippen molar-refractivity contribution in [2.75, 3.05) is 20.3 Å². The maximum atomic E-state index is 5.73. The summed E-state index contributed by atoms with van der Waals surface area (Å²) in [6.45, 7) is 5.23. The molecule has 0 atom stereocenters. The molecule has 0 aliphatic carbocycles. The summed E-state index contributed by atoms with van der Waals surface area (Å²) in [6.07, 6.45) is 6.67. The Kier molecular flexibility index (Phi) is 6.74. The summed E-state index contributed by atoms with van der Waals surface area (Å²) >= 11 is 3.51. The quantitative estimate of drug-likeness (QED) is 0.691. The summed E-state index contributed by atoms with van der Waals surface area (Å²) in [5.74, 6) is 1.57. The molecule has 5 nitrogen and oxygen atoms in total. The molecule has 0 saturated carbocycles. The second-order valence-electron chi connectivity index (χ2n) is 4.86. The van der Waals surface area contributed by atoms with Crippen molar-refractivity contribution < 1.29 is 9.47 Å². The van der Waals surface area contributed by atoms with E-state index in [1.54, 1.807) is 13.3 Å². The van der Waals surface area contributed by atoms with Crippen molar-refractivity contribution in [1.82, 2.24) is 14.9 Å². The molecule has 0 aliphatic rings. The van der Waals surface area contributed by atoms with Crippen molar-refractivity contribution in [2.24, 2.45) is 0 Å². The SMILES string of the molecule is CCOc1c(CNCCCn2ccnc2)cc(Br)cc1OC. The minimum atomic E-state index is 0.617. The predicted molar refractivity (Wildman–Crippen MR) is 90.4 cm³/mol. The number of methoxy groups -OCH3 is 1. The first-order valence-electron chi connectivity index (χ1n) is 7.40. The van der Waals surface area contributed by atoms with E-state index < -0.39 is 0 Å². The van der Waals surface area contributed by atoms with Crippen LogP contribution in [0.25, 0.3) is 0 Å². The Bertz CT molecular complexity index is 573. The molecule has 0 radical (unpaired) electrons. The Morgan fingerprint density at radius 2 is 2.23 bits per heavy atom. The molecule has 120 valence electrons. The third kappa shape index (κ3) is 4.74. The van der Waals surface area contributed by atoms with Crippen LogP contribution in [0.1, 0.15) is 18.9 Å². The number of ether oxygens (including phenoxy) is 2. The zero-order valence-electron chi connectivity index (χ0n) is 13.0. The Morgan fingerprint density at radius 3 is 2.91 bits per heavy atom. The highest BCUT2D eigenvalue weighted by Gasteiger charge is 2.12. The van der Waals surface area contributed by atoms with Crippen molar-refractivity contribution in [3.8, 4) is 11.5 Å². The normalized spacial score (nSPS) is 10.7. The summed E-state index contributed by atoms with van der Waals surface area (Å²) in [5.41, 5.74) is 1.09. The monoisotopic (exact) mass is 367 g/mol. The Hall–Kier alpha value is -1.53. The summed E-state index contributed by atoms with van der Waals surface area (Å²) in [7, 11) is 1.66. The number of hydrogen-bond acceptors (Lipinski definition) is 4. The van der Waals surface area contributed by atoms with Crippen LogP contribution in [0.3, 0.4) is 0 Å². The van der Waals surface area contributed by atoms with E-state index in [2.05, 4.69) is 36.9 Å². The van der Waals surface area contributed by atoms with Crippen LogP contribution < -0.4 is 14.8 Å². The van der Waals surface area contributed by atoms with Gasteiger partial charge in [-0.15, -0.1) is 0 Å². The molecular weight excluding hydrogens is 346 g/mol. The number of aryl methyl sites for hydroxylation is 1. The highest BCUT2D eigenvalue weighted by Crippen LogP contribution is 2.34. The number of rotatable bonds is 9. The second-order valence-corrected chi connectivity index (χ2v) is 5.78. The maximum Gasteiger partial charge on any atom is 0.165 e. The first kappa shape index (κ1) is 16.8. The van der Waals surface area contributed by atoms with E-state index in [0.717, 1.165) is 47.6 Å². The molecule has 0 fully saturated rings. The molecule has 0 bridgehead atoms. The van der Waals surface area contributed by atoms with Crippen molar-refractivity contribution in [3.63, 3.8) is 0 Å². The highest BCUT2D eigenvalue weighted by atomic mass is 79.9. The van der Waals surface area contributed by atoms with Crippen LogP contribution in [-0.4, -0.2) is 29.8 Å². The number of aromatic nitrogens is 2. The van der Waals surface area contributed by atoms with Gasteiger partial charge in [0.15, 0.2) is 11.5 Å². The Balaban J connectivity index is 1.89. The number of nitrogens with zero attached hydrogens (tertiary/aromatic N) is 2. The van der Waals surface area contributed by atoms with Crippen LogP contribution in [-0.2, 0) is 13.1 Å². The van der Waals surface area contributed by atoms with Crippen LogP contribution in [0.2, 0.25) is 0 Å². The fourth-order valence-electron chi connectivity index (χ4n) is 2.24. The molecular formula is C16H22BrN3O2. The smallest absolute Gasteiger partial charge is 0.165 e. The minimum absolute atomic E-state index is 0.617. The number of nitrogens with one attached hydrogen (secondary N) is 1. The fourth-order valence-corrected chi connectivity index (χ4v) is 2.73. The van der Waals surface area contributed by atoms with E-state index >= 15 is 0 Å². The van der Waals surface area contributed by atoms with E-state index in [4.69, 9.17) is 9.47 Å². The molecule has 0 unspecified atom stereocenters. The van der Waals surface area contributed by atoms with Gasteiger partial charge in [0.25, 0.3) is 0 Å². The predicted octanol–water partition coefficient (Wildman–Crippen LogP) is 3.23. The van der Waals surface area contributed by atoms with Crippen LogP contribution in [0.15, 0.2) is 35.3 Å². The average molecular weight is 368 g/mol. The van der Waals surface area contributed by atoms with E-state index in [0.29, 0.717) is 6.61 Å². The second kappa shape index (κ2) is 8.80. The van der Waals surface area contributed by atoms with Gasteiger partial charge in [0, 0.05) is 35.5 Å². The summed E-state index contributed by atoms with van der Waals surface area (Å²) < 4.78 is 14.2. The molecule has 1 N–H and O–H groups in total. The number of halogens is 1. The highest BCUT2D eigenvalue weighted by molar-refractivity contribution is 9.10. The van der Waals surface area contributed by atoms with E-state index in [-0.39, 0.29) is 0 Å². The lowest BCUT2D eigenvalue weighted by Gasteiger charge is -2.15. The molecule has 0 spiro atoms. The van der Waals surface area contributed by atoms with Gasteiger partial charge in [-0.3, -0.25) is 0 Å². The lowest BCUT2D eigenvalue weighted by atomic mass is 10.2. The molecule has 1 heterocycles. The summed E-state index contributed by atoms with van der Waals surface area (Å²) in [6, 6.07) is 3.99. The molecule has 2 aromatic rings. The van der Waals surface area contributed by atoms with Gasteiger partial charge in [0.1, 0.15) is 0 Å². The molecule has 2 rings (SSSR count). The van der Waals surface area contributed by atoms with Gasteiger partial charge >= 0.3 is 0 Å². The van der Waals surface area contributed by atoms with Crippen molar-refractivity contribution >= 4 is 15.9 Å². The molecule has 1 aromatic carbocycles. The first-order chi connectivity index (χ1) is 10.7. The average Bonchev–Trinajstić information content (AvgIpc) is 3.02. The van der Waals surface area contributed by atoms with Crippen LogP contribution >= 0.6 is 15.9 Å². The van der Waals surface area contributed by atoms with Gasteiger partial charge in [-0.2, -0.15) is 0 Å². The zero-order valence-corrected chi connectivity index (χ0v) is 14.6. The van der Waals surface area contributed by atoms with E-state index in [1.807, 2.05) is 25.5 Å². The van der Waals surface area contributed by atoms with Crippen molar-refractivity contribution in [3.05, 3.63) is 40.9 Å². The van der Waals surface area contributed by atoms with Gasteiger partial charge < -0.3 is 19.4 Å². The van der Waals surface area contributed by atoms with Gasteiger partial charge in [-0.1, -0.05) is 15.9 Å². The number of hydrogen-bond donors (Lipinski definition) is 1. The third-order valence-corrected chi connectivity index (χ3v) is 3.71. The standard InChI is InChI=1S/C16H22BrN3O2/c1-3-22-16-13(9-14(17)10-15(16)21-2)11-18-5-4-7-20-8-6-19-12-20/h6,8-10,12,18H,3-5,7,11H2,1-2H3. The molecule has 1 aromatic heterocycles. The van der Waals surface area contributed by atoms with Gasteiger partial charge in [0.05, 0.1) is 20.0 Å². The Morgan fingerprint density at radius 1 is 1.36 bits per heavy atom. The molecule has 0 amide bonds. The first-order valence-corrected chi connectivity index (χ1v) is 8.19. The minimum Gasteiger partial charge on any atom is -0.493 e. The van der Waals surface area contributed by atoms with Gasteiger partial charge in [0.2, 0.25) is 0 Å². The third-order valence-electron chi connectivity index (χ3n) is 3.25. The van der Waals surface area contributed by atoms with Gasteiger partial charge in [-0.05, 0) is 32.0 Å². The Labute approximate surface area is 139 Å². The molecule has 6 heteroatoms. The van der Waals surface area contributed by atoms with Crippen molar-refractivity contribution in [1.29, 1.82) is 0 Å². The fraction of sp³-hybridized carbons (Fsp3) is 0.438. The summed E-state index contributed by atoms with van der Waals surface area (Å²) in [4.78, 5) is 4.04. The molecule has 22 heavy (non-hydrogen) atoms. The zero-order chi connectivity index (χ0) is 15.8. The van der Waals surface area contributed by atoms with Crippen LogP contribution in [0.5, 0.6) is 11.5 Å². The van der Waals surface area contributed by atoms with E-state index in [1.165, 1.54) is 0 Å². The van der Waals surface area contributed by atoms with Crippen molar-refractivity contribution in [2.45, 2.75) is 26.4 Å². The largest absolute Gasteiger partial charge is 0.493 e.